The van der Waals surface area contributed by atoms with E-state index in [1.807, 2.05) is 30.5 Å². The first-order valence-corrected chi connectivity index (χ1v) is 7.61. The highest BCUT2D eigenvalue weighted by Crippen LogP contribution is 2.18. The summed E-state index contributed by atoms with van der Waals surface area (Å²) in [6.07, 6.45) is 4.10. The third-order valence-electron chi connectivity index (χ3n) is 2.79. The van der Waals surface area contributed by atoms with Crippen molar-refractivity contribution < 1.29 is 4.79 Å². The van der Waals surface area contributed by atoms with E-state index in [-0.39, 0.29) is 18.3 Å². The molecule has 0 aliphatic rings. The maximum absolute atomic E-state index is 11.9. The number of amides is 1. The second-order valence-corrected chi connectivity index (χ2v) is 5.28. The number of carbonyl (C=O) groups excluding carboxylic acids is 1. The van der Waals surface area contributed by atoms with Crippen LogP contribution in [0.5, 0.6) is 0 Å². The lowest BCUT2D eigenvalue weighted by molar-refractivity contribution is -0.117. The van der Waals surface area contributed by atoms with E-state index in [2.05, 4.69) is 20.5 Å². The predicted octanol–water partition coefficient (Wildman–Crippen LogP) is 1.91. The maximum Gasteiger partial charge on any atom is 0.241 e. The Labute approximate surface area is 133 Å². The number of nitrogens with two attached hydrogens (primary N) is 1. The number of halogens is 1. The van der Waals surface area contributed by atoms with Crippen LogP contribution in [-0.2, 0) is 4.79 Å². The van der Waals surface area contributed by atoms with Crippen molar-refractivity contribution in [3.8, 4) is 11.4 Å². The molecule has 1 amide bonds. The number of aromatic nitrogens is 3. The van der Waals surface area contributed by atoms with Gasteiger partial charge in [0.2, 0.25) is 5.91 Å². The van der Waals surface area contributed by atoms with E-state index in [1.165, 1.54) is 6.33 Å². The number of aromatic amines is 1. The minimum atomic E-state index is -0.489. The van der Waals surface area contributed by atoms with Crippen molar-refractivity contribution in [1.82, 2.24) is 15.2 Å². The van der Waals surface area contributed by atoms with Crippen LogP contribution in [0.2, 0.25) is 0 Å². The molecule has 0 radical (unpaired) electrons. The number of nitrogens with one attached hydrogen (secondary N) is 2. The second-order valence-electron chi connectivity index (χ2n) is 4.29. The molecule has 0 saturated carbocycles. The third kappa shape index (κ3) is 5.04. The number of benzene rings is 1. The molecule has 1 aromatic carbocycles. The molecule has 1 unspecified atom stereocenters. The number of nitrogens with zero attached hydrogens (tertiary/aromatic N) is 2. The van der Waals surface area contributed by atoms with Crippen molar-refractivity contribution in [2.24, 2.45) is 5.73 Å². The van der Waals surface area contributed by atoms with E-state index in [0.29, 0.717) is 17.9 Å². The van der Waals surface area contributed by atoms with E-state index in [9.17, 15) is 4.79 Å². The van der Waals surface area contributed by atoms with Gasteiger partial charge in [0.1, 0.15) is 6.33 Å². The minimum Gasteiger partial charge on any atom is -0.325 e. The molecule has 8 heteroatoms. The first-order valence-electron chi connectivity index (χ1n) is 6.22. The van der Waals surface area contributed by atoms with Crippen LogP contribution in [0.3, 0.4) is 0 Å². The van der Waals surface area contributed by atoms with Crippen LogP contribution in [0, 0.1) is 0 Å². The van der Waals surface area contributed by atoms with E-state index in [0.717, 1.165) is 11.3 Å². The average Bonchev–Trinajstić information content (AvgIpc) is 2.99. The summed E-state index contributed by atoms with van der Waals surface area (Å²) < 4.78 is 0. The van der Waals surface area contributed by atoms with Crippen LogP contribution in [0.25, 0.3) is 11.4 Å². The smallest absolute Gasteiger partial charge is 0.241 e. The highest BCUT2D eigenvalue weighted by Gasteiger charge is 2.13. The monoisotopic (exact) mass is 327 g/mol. The number of rotatable bonds is 6. The Kier molecular flexibility index (Phi) is 7.21. The summed E-state index contributed by atoms with van der Waals surface area (Å²) in [5.41, 5.74) is 7.39. The fraction of sp³-hybridized carbons (Fsp3) is 0.308. The van der Waals surface area contributed by atoms with Crippen LogP contribution in [-0.4, -0.2) is 39.1 Å². The lowest BCUT2D eigenvalue weighted by Gasteiger charge is -2.12. The standard InChI is InChI=1S/C13H17N5OS.ClH/c1-20-6-5-11(14)13(19)17-10-4-2-3-9(7-10)12-15-8-16-18-12;/h2-4,7-8,11H,5-6,14H2,1H3,(H,17,19)(H,15,16,18);1H. The number of H-pyrrole nitrogens is 1. The number of hydrogen-bond donors (Lipinski definition) is 3. The fourth-order valence-corrected chi connectivity index (χ4v) is 2.19. The van der Waals surface area contributed by atoms with Gasteiger partial charge in [-0.3, -0.25) is 9.89 Å². The van der Waals surface area contributed by atoms with E-state index >= 15 is 0 Å². The topological polar surface area (TPSA) is 96.7 Å². The Balaban J connectivity index is 0.00000220. The van der Waals surface area contributed by atoms with Crippen LogP contribution in [0.1, 0.15) is 6.42 Å². The molecule has 4 N–H and O–H groups in total. The Hall–Kier alpha value is -1.57. The zero-order chi connectivity index (χ0) is 14.4. The normalized spacial score (nSPS) is 11.5. The lowest BCUT2D eigenvalue weighted by Crippen LogP contribution is -2.36. The maximum atomic E-state index is 11.9. The highest BCUT2D eigenvalue weighted by molar-refractivity contribution is 7.98. The van der Waals surface area contributed by atoms with E-state index in [1.54, 1.807) is 11.8 Å². The number of hydrogen-bond acceptors (Lipinski definition) is 5. The minimum absolute atomic E-state index is 0. The van der Waals surface area contributed by atoms with Gasteiger partial charge in [-0.2, -0.15) is 16.9 Å². The molecule has 0 aliphatic heterocycles. The van der Waals surface area contributed by atoms with Crippen molar-refractivity contribution in [2.75, 3.05) is 17.3 Å². The third-order valence-corrected chi connectivity index (χ3v) is 3.43. The molecular weight excluding hydrogens is 310 g/mol. The summed E-state index contributed by atoms with van der Waals surface area (Å²) in [6, 6.07) is 6.90. The molecular formula is C13H18ClN5OS. The van der Waals surface area contributed by atoms with E-state index < -0.39 is 6.04 Å². The van der Waals surface area contributed by atoms with Crippen LogP contribution >= 0.6 is 24.2 Å². The Morgan fingerprint density at radius 2 is 2.33 bits per heavy atom. The zero-order valence-corrected chi connectivity index (χ0v) is 13.2. The van der Waals surface area contributed by atoms with E-state index in [4.69, 9.17) is 5.73 Å². The van der Waals surface area contributed by atoms with Gasteiger partial charge in [0.25, 0.3) is 0 Å². The molecule has 0 bridgehead atoms. The molecule has 0 saturated heterocycles. The molecule has 6 nitrogen and oxygen atoms in total. The SMILES string of the molecule is CSCCC(N)C(=O)Nc1cccc(-c2ncn[nH]2)c1.Cl. The average molecular weight is 328 g/mol. The van der Waals surface area contributed by atoms with Crippen LogP contribution < -0.4 is 11.1 Å². The Morgan fingerprint density at radius 1 is 1.52 bits per heavy atom. The van der Waals surface area contributed by atoms with Gasteiger partial charge in [-0.25, -0.2) is 4.98 Å². The molecule has 0 fully saturated rings. The summed E-state index contributed by atoms with van der Waals surface area (Å²) in [4.78, 5) is 16.0. The molecule has 1 aromatic heterocycles. The van der Waals surface area contributed by atoms with Crippen LogP contribution in [0.4, 0.5) is 5.69 Å². The first-order chi connectivity index (χ1) is 9.70. The van der Waals surface area contributed by atoms with Crippen molar-refractivity contribution >= 4 is 35.8 Å². The molecule has 114 valence electrons. The van der Waals surface area contributed by atoms with Gasteiger partial charge >= 0.3 is 0 Å². The molecule has 21 heavy (non-hydrogen) atoms. The Morgan fingerprint density at radius 3 is 3.00 bits per heavy atom. The van der Waals surface area contributed by atoms with Gasteiger partial charge in [0.15, 0.2) is 5.82 Å². The van der Waals surface area contributed by atoms with Gasteiger partial charge in [0.05, 0.1) is 6.04 Å². The van der Waals surface area contributed by atoms with Gasteiger partial charge in [-0.15, -0.1) is 12.4 Å². The summed E-state index contributed by atoms with van der Waals surface area (Å²) in [5.74, 6) is 1.36. The van der Waals surface area contributed by atoms with Crippen molar-refractivity contribution in [3.05, 3.63) is 30.6 Å². The van der Waals surface area contributed by atoms with Crippen molar-refractivity contribution in [3.63, 3.8) is 0 Å². The molecule has 1 heterocycles. The Bertz CT molecular complexity index is 563. The molecule has 2 aromatic rings. The number of carbonyl (C=O) groups is 1. The summed E-state index contributed by atoms with van der Waals surface area (Å²) >= 11 is 1.68. The van der Waals surface area contributed by atoms with Gasteiger partial charge in [0, 0.05) is 11.3 Å². The van der Waals surface area contributed by atoms with Gasteiger partial charge < -0.3 is 11.1 Å². The van der Waals surface area contributed by atoms with Crippen LogP contribution in [0.15, 0.2) is 30.6 Å². The molecule has 0 spiro atoms. The molecule has 2 rings (SSSR count). The molecule has 0 aliphatic carbocycles. The summed E-state index contributed by atoms with van der Waals surface area (Å²) in [7, 11) is 0. The first kappa shape index (κ1) is 17.5. The van der Waals surface area contributed by atoms with Crippen molar-refractivity contribution in [1.29, 1.82) is 0 Å². The summed E-state index contributed by atoms with van der Waals surface area (Å²) in [5, 5.41) is 9.41. The summed E-state index contributed by atoms with van der Waals surface area (Å²) in [6.45, 7) is 0. The van der Waals surface area contributed by atoms with Gasteiger partial charge in [-0.1, -0.05) is 12.1 Å². The quantitative estimate of drug-likeness (QED) is 0.753. The fourth-order valence-electron chi connectivity index (χ4n) is 1.70. The predicted molar refractivity (Wildman–Crippen MR) is 88.7 cm³/mol. The highest BCUT2D eigenvalue weighted by atomic mass is 35.5. The molecule has 1 atom stereocenters. The van der Waals surface area contributed by atoms with Crippen molar-refractivity contribution in [2.45, 2.75) is 12.5 Å². The zero-order valence-electron chi connectivity index (χ0n) is 11.6. The second kappa shape index (κ2) is 8.66. The largest absolute Gasteiger partial charge is 0.325 e. The number of thioether (sulfide) groups is 1. The lowest BCUT2D eigenvalue weighted by atomic mass is 10.1. The van der Waals surface area contributed by atoms with Gasteiger partial charge in [-0.05, 0) is 30.6 Å². The number of anilines is 1.